The zero-order valence-corrected chi connectivity index (χ0v) is 19.0. The van der Waals surface area contributed by atoms with Crippen LogP contribution >= 0.6 is 0 Å². The number of alkyl carbamates (subject to hydrolysis) is 1. The summed E-state index contributed by atoms with van der Waals surface area (Å²) < 4.78 is 5.54. The second-order valence-electron chi connectivity index (χ2n) is 9.13. The number of benzene rings is 2. The number of ether oxygens (including phenoxy) is 1. The summed E-state index contributed by atoms with van der Waals surface area (Å²) in [6.07, 6.45) is 1.28. The lowest BCUT2D eigenvalue weighted by Crippen LogP contribution is -2.50. The third-order valence-corrected chi connectivity index (χ3v) is 7.02. The van der Waals surface area contributed by atoms with Crippen molar-refractivity contribution < 1.29 is 24.2 Å². The van der Waals surface area contributed by atoms with Gasteiger partial charge in [-0.1, -0.05) is 68.8 Å². The maximum Gasteiger partial charge on any atom is 0.407 e. The molecule has 7 heteroatoms. The molecule has 2 atom stereocenters. The van der Waals surface area contributed by atoms with E-state index in [1.165, 1.54) is 0 Å². The number of carbonyl (C=O) groups excluding carboxylic acids is 2. The van der Waals surface area contributed by atoms with Gasteiger partial charge in [0.25, 0.3) is 0 Å². The molecular formula is C26H30N2O5. The maximum atomic E-state index is 12.8. The highest BCUT2D eigenvalue weighted by Crippen LogP contribution is 2.46. The lowest BCUT2D eigenvalue weighted by atomic mass is 9.97. The molecule has 0 aromatic heterocycles. The highest BCUT2D eigenvalue weighted by molar-refractivity contribution is 5.90. The highest BCUT2D eigenvalue weighted by atomic mass is 16.5. The topological polar surface area (TPSA) is 105 Å². The van der Waals surface area contributed by atoms with Gasteiger partial charge in [0, 0.05) is 12.5 Å². The van der Waals surface area contributed by atoms with Crippen molar-refractivity contribution in [2.45, 2.75) is 45.1 Å². The largest absolute Gasteiger partial charge is 0.480 e. The van der Waals surface area contributed by atoms with Crippen LogP contribution in [-0.2, 0) is 14.3 Å². The molecule has 174 valence electrons. The SMILES string of the molecule is CCC(C)[C@H](NC(=O)C1(CNC(=O)OCC2c3ccccc3-c3ccccc32)CC1)C(=O)O. The van der Waals surface area contributed by atoms with Gasteiger partial charge in [0.15, 0.2) is 0 Å². The second kappa shape index (κ2) is 9.25. The Labute approximate surface area is 193 Å². The molecule has 0 radical (unpaired) electrons. The molecule has 1 fully saturated rings. The van der Waals surface area contributed by atoms with E-state index in [2.05, 4.69) is 34.9 Å². The van der Waals surface area contributed by atoms with Gasteiger partial charge in [0.2, 0.25) is 5.91 Å². The zero-order valence-electron chi connectivity index (χ0n) is 19.0. The Hall–Kier alpha value is -3.35. The first-order valence-electron chi connectivity index (χ1n) is 11.5. The standard InChI is InChI=1S/C26H30N2O5/c1-3-16(2)22(23(29)30)28-24(31)26(12-13-26)15-27-25(32)33-14-21-19-10-6-4-8-17(19)18-9-5-7-11-20(18)21/h4-11,16,21-22H,3,12-15H2,1-2H3,(H,27,32)(H,28,31)(H,29,30)/t16?,22-/m0/s1. The molecule has 1 saturated carbocycles. The minimum Gasteiger partial charge on any atom is -0.480 e. The van der Waals surface area contributed by atoms with Crippen molar-refractivity contribution in [2.24, 2.45) is 11.3 Å². The summed E-state index contributed by atoms with van der Waals surface area (Å²) in [6.45, 7) is 4.02. The van der Waals surface area contributed by atoms with Crippen molar-refractivity contribution in [3.8, 4) is 11.1 Å². The van der Waals surface area contributed by atoms with Gasteiger partial charge in [-0.05, 0) is 41.0 Å². The number of carboxylic acids is 1. The number of carbonyl (C=O) groups is 3. The Morgan fingerprint density at radius 2 is 1.64 bits per heavy atom. The molecule has 2 aromatic carbocycles. The summed E-state index contributed by atoms with van der Waals surface area (Å²) in [5.74, 6) is -1.59. The van der Waals surface area contributed by atoms with E-state index < -0.39 is 23.5 Å². The van der Waals surface area contributed by atoms with Crippen molar-refractivity contribution in [3.05, 3.63) is 59.7 Å². The number of aliphatic carboxylic acids is 1. The van der Waals surface area contributed by atoms with Crippen molar-refractivity contribution >= 4 is 18.0 Å². The smallest absolute Gasteiger partial charge is 0.407 e. The molecule has 0 aliphatic heterocycles. The van der Waals surface area contributed by atoms with Crippen LogP contribution in [0.2, 0.25) is 0 Å². The molecule has 4 rings (SSSR count). The molecule has 0 bridgehead atoms. The van der Waals surface area contributed by atoms with E-state index in [9.17, 15) is 19.5 Å². The first kappa shape index (κ1) is 22.8. The van der Waals surface area contributed by atoms with Crippen LogP contribution < -0.4 is 10.6 Å². The van der Waals surface area contributed by atoms with Crippen molar-refractivity contribution in [1.82, 2.24) is 10.6 Å². The van der Waals surface area contributed by atoms with Crippen LogP contribution in [0.5, 0.6) is 0 Å². The van der Waals surface area contributed by atoms with Crippen molar-refractivity contribution in [1.29, 1.82) is 0 Å². The van der Waals surface area contributed by atoms with E-state index in [0.717, 1.165) is 22.3 Å². The van der Waals surface area contributed by atoms with Crippen LogP contribution in [0.1, 0.15) is 50.2 Å². The quantitative estimate of drug-likeness (QED) is 0.537. The molecule has 1 unspecified atom stereocenters. The van der Waals surface area contributed by atoms with Crippen LogP contribution in [0.3, 0.4) is 0 Å². The zero-order chi connectivity index (χ0) is 23.6. The number of hydrogen-bond acceptors (Lipinski definition) is 4. The van der Waals surface area contributed by atoms with Gasteiger partial charge >= 0.3 is 12.1 Å². The van der Waals surface area contributed by atoms with Crippen LogP contribution in [0, 0.1) is 11.3 Å². The third kappa shape index (κ3) is 4.58. The lowest BCUT2D eigenvalue weighted by molar-refractivity contribution is -0.144. The Balaban J connectivity index is 1.33. The van der Waals surface area contributed by atoms with Crippen LogP contribution in [-0.4, -0.2) is 42.3 Å². The van der Waals surface area contributed by atoms with Crippen LogP contribution in [0.15, 0.2) is 48.5 Å². The molecule has 33 heavy (non-hydrogen) atoms. The normalized spacial score (nSPS) is 17.3. The van der Waals surface area contributed by atoms with Gasteiger partial charge in [0.1, 0.15) is 12.6 Å². The maximum absolute atomic E-state index is 12.8. The van der Waals surface area contributed by atoms with E-state index in [-0.39, 0.29) is 30.9 Å². The third-order valence-electron chi connectivity index (χ3n) is 7.02. The fraction of sp³-hybridized carbons (Fsp3) is 0.423. The molecule has 3 N–H and O–H groups in total. The minimum atomic E-state index is -1.04. The fourth-order valence-corrected chi connectivity index (χ4v) is 4.50. The summed E-state index contributed by atoms with van der Waals surface area (Å²) >= 11 is 0. The number of carboxylic acid groups (broad SMARTS) is 1. The molecule has 2 aliphatic rings. The number of rotatable bonds is 9. The average molecular weight is 451 g/mol. The Kier molecular flexibility index (Phi) is 6.40. The molecule has 2 amide bonds. The van der Waals surface area contributed by atoms with Gasteiger partial charge < -0.3 is 20.5 Å². The first-order chi connectivity index (χ1) is 15.9. The summed E-state index contributed by atoms with van der Waals surface area (Å²) in [4.78, 5) is 36.7. The minimum absolute atomic E-state index is 0.0341. The number of amides is 2. The van der Waals surface area contributed by atoms with Gasteiger partial charge in [-0.3, -0.25) is 4.79 Å². The van der Waals surface area contributed by atoms with Crippen LogP contribution in [0.4, 0.5) is 4.79 Å². The van der Waals surface area contributed by atoms with Gasteiger partial charge in [0.05, 0.1) is 5.41 Å². The fourth-order valence-electron chi connectivity index (χ4n) is 4.50. The molecule has 7 nitrogen and oxygen atoms in total. The van der Waals surface area contributed by atoms with E-state index in [0.29, 0.717) is 19.3 Å². The first-order valence-corrected chi connectivity index (χ1v) is 11.5. The van der Waals surface area contributed by atoms with E-state index in [1.54, 1.807) is 6.92 Å². The van der Waals surface area contributed by atoms with Crippen molar-refractivity contribution in [3.63, 3.8) is 0 Å². The van der Waals surface area contributed by atoms with Gasteiger partial charge in [-0.2, -0.15) is 0 Å². The summed E-state index contributed by atoms with van der Waals surface area (Å²) in [5.41, 5.74) is 3.82. The molecule has 0 saturated heterocycles. The summed E-state index contributed by atoms with van der Waals surface area (Å²) in [7, 11) is 0. The lowest BCUT2D eigenvalue weighted by Gasteiger charge is -2.23. The summed E-state index contributed by atoms with van der Waals surface area (Å²) in [6, 6.07) is 15.3. The van der Waals surface area contributed by atoms with E-state index >= 15 is 0 Å². The Morgan fingerprint density at radius 1 is 1.06 bits per heavy atom. The predicted octanol–water partition coefficient (Wildman–Crippen LogP) is 3.92. The molecule has 2 aliphatic carbocycles. The van der Waals surface area contributed by atoms with Crippen LogP contribution in [0.25, 0.3) is 11.1 Å². The van der Waals surface area contributed by atoms with Crippen molar-refractivity contribution in [2.75, 3.05) is 13.2 Å². The summed E-state index contributed by atoms with van der Waals surface area (Å²) in [5, 5.41) is 14.8. The highest BCUT2D eigenvalue weighted by Gasteiger charge is 2.51. The average Bonchev–Trinajstić information content (AvgIpc) is 3.56. The van der Waals surface area contributed by atoms with E-state index in [1.807, 2.05) is 31.2 Å². The predicted molar refractivity (Wildman–Crippen MR) is 124 cm³/mol. The van der Waals surface area contributed by atoms with Gasteiger partial charge in [-0.15, -0.1) is 0 Å². The second-order valence-corrected chi connectivity index (χ2v) is 9.13. The van der Waals surface area contributed by atoms with E-state index in [4.69, 9.17) is 4.74 Å². The number of hydrogen-bond donors (Lipinski definition) is 3. The monoisotopic (exact) mass is 450 g/mol. The molecule has 0 heterocycles. The Bertz CT molecular complexity index is 1020. The molecular weight excluding hydrogens is 420 g/mol. The Morgan fingerprint density at radius 3 is 2.15 bits per heavy atom. The number of fused-ring (bicyclic) bond motifs is 3. The van der Waals surface area contributed by atoms with Gasteiger partial charge in [-0.25, -0.2) is 9.59 Å². The number of nitrogens with one attached hydrogen (secondary N) is 2. The molecule has 0 spiro atoms. The molecule has 2 aromatic rings.